The summed E-state index contributed by atoms with van der Waals surface area (Å²) >= 11 is 0. The molecule has 11 heteroatoms. The highest BCUT2D eigenvalue weighted by Gasteiger charge is 2.50. The molecule has 0 spiro atoms. The van der Waals surface area contributed by atoms with Gasteiger partial charge in [-0.15, -0.1) is 0 Å². The van der Waals surface area contributed by atoms with Gasteiger partial charge in [0.2, 0.25) is 6.29 Å². The van der Waals surface area contributed by atoms with Crippen molar-refractivity contribution in [2.75, 3.05) is 6.61 Å². The van der Waals surface area contributed by atoms with Crippen LogP contribution in [0.15, 0.2) is 179 Å². The third kappa shape index (κ3) is 11.7. The fourth-order valence-electron chi connectivity index (χ4n) is 7.29. The lowest BCUT2D eigenvalue weighted by molar-refractivity contribution is -0.310. The first-order valence-electron chi connectivity index (χ1n) is 20.8. The van der Waals surface area contributed by atoms with E-state index in [9.17, 15) is 9.59 Å². The Morgan fingerprint density at radius 2 is 1.02 bits per heavy atom. The molecule has 8 rings (SSSR count). The molecular formula is C52H48O11. The van der Waals surface area contributed by atoms with E-state index in [-0.39, 0.29) is 50.1 Å². The van der Waals surface area contributed by atoms with Crippen LogP contribution in [0.2, 0.25) is 0 Å². The molecule has 6 aromatic carbocycles. The zero-order chi connectivity index (χ0) is 43.2. The van der Waals surface area contributed by atoms with Crippen molar-refractivity contribution in [3.63, 3.8) is 0 Å². The van der Waals surface area contributed by atoms with Crippen LogP contribution in [0.1, 0.15) is 34.7 Å². The molecule has 1 aliphatic rings. The summed E-state index contributed by atoms with van der Waals surface area (Å²) in [6.45, 7) is 2.54. The maximum atomic E-state index is 13.4. The van der Waals surface area contributed by atoms with Gasteiger partial charge in [-0.25, -0.2) is 4.79 Å². The number of rotatable bonds is 19. The number of fused-ring (bicyclic) bond motifs is 1. The Bertz CT molecular complexity index is 2550. The van der Waals surface area contributed by atoms with E-state index in [1.165, 1.54) is 6.92 Å². The molecule has 0 aliphatic carbocycles. The normalized spacial score (nSPS) is 18.5. The summed E-state index contributed by atoms with van der Waals surface area (Å²) in [5, 5.41) is 0.390. The first kappa shape index (κ1) is 43.1. The highest BCUT2D eigenvalue weighted by Crippen LogP contribution is 2.37. The molecule has 0 radical (unpaired) electrons. The van der Waals surface area contributed by atoms with Gasteiger partial charge in [0.25, 0.3) is 5.75 Å². The molecule has 322 valence electrons. The number of hydrogen-bond acceptors (Lipinski definition) is 11. The zero-order valence-electron chi connectivity index (χ0n) is 34.8. The van der Waals surface area contributed by atoms with Crippen LogP contribution in [0.4, 0.5) is 0 Å². The van der Waals surface area contributed by atoms with E-state index in [1.54, 1.807) is 18.2 Å². The van der Waals surface area contributed by atoms with Gasteiger partial charge in [0.15, 0.2) is 5.75 Å². The van der Waals surface area contributed by atoms with Gasteiger partial charge in [0.1, 0.15) is 42.4 Å². The monoisotopic (exact) mass is 848 g/mol. The van der Waals surface area contributed by atoms with Crippen LogP contribution >= 0.6 is 0 Å². The highest BCUT2D eigenvalue weighted by molar-refractivity contribution is 5.87. The zero-order valence-corrected chi connectivity index (χ0v) is 34.8. The fourth-order valence-corrected chi connectivity index (χ4v) is 7.29. The lowest BCUT2D eigenvalue weighted by atomic mass is 9.97. The Hall–Kier alpha value is -6.60. The minimum absolute atomic E-state index is 0.0632. The highest BCUT2D eigenvalue weighted by atomic mass is 16.7. The van der Waals surface area contributed by atoms with Crippen molar-refractivity contribution in [3.8, 4) is 17.2 Å². The maximum Gasteiger partial charge on any atom is 0.383 e. The minimum atomic E-state index is -1.07. The summed E-state index contributed by atoms with van der Waals surface area (Å²) in [6.07, 6.45) is -4.02. The molecule has 0 saturated carbocycles. The predicted octanol–water partition coefficient (Wildman–Crippen LogP) is 9.37. The molecule has 7 aromatic rings. The second-order valence-corrected chi connectivity index (χ2v) is 15.0. The van der Waals surface area contributed by atoms with E-state index < -0.39 is 42.3 Å². The van der Waals surface area contributed by atoms with Crippen molar-refractivity contribution in [1.82, 2.24) is 0 Å². The van der Waals surface area contributed by atoms with Crippen LogP contribution in [0, 0.1) is 0 Å². The molecular weight excluding hydrogens is 801 g/mol. The van der Waals surface area contributed by atoms with Crippen LogP contribution in [0.5, 0.6) is 17.2 Å². The van der Waals surface area contributed by atoms with E-state index in [2.05, 4.69) is 0 Å². The van der Waals surface area contributed by atoms with Crippen molar-refractivity contribution in [2.24, 2.45) is 0 Å². The van der Waals surface area contributed by atoms with Crippen LogP contribution in [0.25, 0.3) is 11.0 Å². The molecule has 1 saturated heterocycles. The molecule has 11 nitrogen and oxygen atoms in total. The van der Waals surface area contributed by atoms with Crippen LogP contribution < -0.4 is 19.8 Å². The Balaban J connectivity index is 1.15. The van der Waals surface area contributed by atoms with Gasteiger partial charge < -0.3 is 42.3 Å². The number of esters is 1. The van der Waals surface area contributed by atoms with Crippen LogP contribution in [-0.4, -0.2) is 43.3 Å². The Kier molecular flexibility index (Phi) is 14.7. The number of carbonyl (C=O) groups excluding carboxylic acids is 1. The average Bonchev–Trinajstić information content (AvgIpc) is 3.31. The van der Waals surface area contributed by atoms with Crippen LogP contribution in [-0.2, 0) is 61.5 Å². The first-order valence-corrected chi connectivity index (χ1v) is 20.8. The van der Waals surface area contributed by atoms with E-state index in [4.69, 9.17) is 42.3 Å². The summed E-state index contributed by atoms with van der Waals surface area (Å²) in [7, 11) is 0. The first-order chi connectivity index (χ1) is 31.0. The topological polar surface area (TPSA) is 121 Å². The Morgan fingerprint density at radius 1 is 0.540 bits per heavy atom. The maximum absolute atomic E-state index is 13.4. The van der Waals surface area contributed by atoms with Gasteiger partial charge >= 0.3 is 11.6 Å². The van der Waals surface area contributed by atoms with Gasteiger partial charge in [-0.05, 0) is 39.9 Å². The third-order valence-corrected chi connectivity index (χ3v) is 10.4. The molecule has 0 N–H and O–H groups in total. The number of hydrogen-bond donors (Lipinski definition) is 0. The van der Waals surface area contributed by atoms with Gasteiger partial charge in [-0.3, -0.25) is 4.79 Å². The summed E-state index contributed by atoms with van der Waals surface area (Å²) in [6, 6.07) is 53.9. The van der Waals surface area contributed by atoms with Gasteiger partial charge in [-0.1, -0.05) is 152 Å². The minimum Gasteiger partial charge on any atom is -0.484 e. The van der Waals surface area contributed by atoms with E-state index in [0.29, 0.717) is 17.7 Å². The van der Waals surface area contributed by atoms with Gasteiger partial charge in [-0.2, -0.15) is 0 Å². The van der Waals surface area contributed by atoms with Crippen molar-refractivity contribution >= 4 is 16.9 Å². The number of carbonyl (C=O) groups is 1. The lowest BCUT2D eigenvalue weighted by Gasteiger charge is -2.45. The molecule has 1 aromatic heterocycles. The molecule has 1 fully saturated rings. The SMILES string of the molecule is CC(=O)Oc1c(OCc2ccccc2)c2ccc(O[C@H]3O[C@H](COCc4ccccc4)[C@@H](OCc4ccccc4)[C@H](OCc4ccccc4)[C@@H]3OCc3ccccc3)cc2oc1=O. The summed E-state index contributed by atoms with van der Waals surface area (Å²) in [5.74, 6) is -0.677. The lowest BCUT2D eigenvalue weighted by Crippen LogP contribution is -2.62. The Morgan fingerprint density at radius 3 is 1.54 bits per heavy atom. The molecule has 0 amide bonds. The molecule has 0 unspecified atom stereocenters. The van der Waals surface area contributed by atoms with E-state index in [0.717, 1.165) is 27.8 Å². The van der Waals surface area contributed by atoms with Crippen LogP contribution in [0.3, 0.4) is 0 Å². The van der Waals surface area contributed by atoms with Crippen molar-refractivity contribution < 1.29 is 47.1 Å². The fraction of sp³-hybridized carbons (Fsp3) is 0.231. The third-order valence-electron chi connectivity index (χ3n) is 10.4. The molecule has 63 heavy (non-hydrogen) atoms. The molecule has 0 bridgehead atoms. The quantitative estimate of drug-likeness (QED) is 0.0572. The molecule has 5 atom stereocenters. The smallest absolute Gasteiger partial charge is 0.383 e. The summed E-state index contributed by atoms with van der Waals surface area (Å²) < 4.78 is 57.6. The standard InChI is InChI=1S/C52H48O11/c1-36(53)60-49-46(56-31-38-19-9-3-10-20-38)43-28-27-42(29-44(43)62-51(49)54)61-52-50(59-34-41-25-15-6-16-26-41)48(58-33-40-23-13-5-14-24-40)47(57-32-39-21-11-4-12-22-39)45(63-52)35-55-30-37-17-7-2-8-18-37/h2-29,45,47-48,50,52H,30-35H2,1H3/t45-,47-,48+,50+,52+/m1/s1. The second kappa shape index (κ2) is 21.5. The largest absolute Gasteiger partial charge is 0.484 e. The predicted molar refractivity (Wildman–Crippen MR) is 235 cm³/mol. The summed E-state index contributed by atoms with van der Waals surface area (Å²) in [4.78, 5) is 25.5. The molecule has 2 heterocycles. The number of ether oxygens (including phenoxy) is 8. The van der Waals surface area contributed by atoms with Crippen molar-refractivity contribution in [1.29, 1.82) is 0 Å². The Labute approximate surface area is 365 Å². The summed E-state index contributed by atoms with van der Waals surface area (Å²) in [5.41, 5.74) is 3.98. The van der Waals surface area contributed by atoms with Gasteiger partial charge in [0.05, 0.1) is 38.4 Å². The van der Waals surface area contributed by atoms with E-state index in [1.807, 2.05) is 152 Å². The average molecular weight is 849 g/mol. The van der Waals surface area contributed by atoms with Crippen molar-refractivity contribution in [3.05, 3.63) is 208 Å². The van der Waals surface area contributed by atoms with E-state index >= 15 is 0 Å². The number of benzene rings is 6. The second-order valence-electron chi connectivity index (χ2n) is 15.0. The van der Waals surface area contributed by atoms with Crippen molar-refractivity contribution in [2.45, 2.75) is 70.7 Å². The molecule has 1 aliphatic heterocycles. The van der Waals surface area contributed by atoms with Gasteiger partial charge in [0, 0.05) is 13.0 Å².